The van der Waals surface area contributed by atoms with Crippen molar-refractivity contribution in [2.75, 3.05) is 0 Å². The molecule has 0 N–H and O–H groups in total. The van der Waals surface area contributed by atoms with E-state index in [9.17, 15) is 4.79 Å². The minimum atomic E-state index is -0.407. The molecule has 104 valence electrons. The summed E-state index contributed by atoms with van der Waals surface area (Å²) in [6.07, 6.45) is 3.10. The Morgan fingerprint density at radius 3 is 2.68 bits per heavy atom. The summed E-state index contributed by atoms with van der Waals surface area (Å²) in [4.78, 5) is 22.1. The van der Waals surface area contributed by atoms with Gasteiger partial charge in [0.2, 0.25) is 0 Å². The first-order chi connectivity index (χ1) is 9.06. The maximum Gasteiger partial charge on any atom is 0.373 e. The van der Waals surface area contributed by atoms with Crippen LogP contribution in [0.2, 0.25) is 0 Å². The highest BCUT2D eigenvalue weighted by molar-refractivity contribution is 5.89. The second-order valence-corrected chi connectivity index (χ2v) is 5.73. The molecule has 3 atom stereocenters. The number of carbonyl (C=O) groups excluding carboxylic acids is 1. The normalized spacial score (nSPS) is 27.0. The van der Waals surface area contributed by atoms with Gasteiger partial charge in [0.15, 0.2) is 0 Å². The molecular formula is C16H22O3. The van der Waals surface area contributed by atoms with Crippen LogP contribution in [0, 0.1) is 18.8 Å². The molecule has 3 unspecified atom stereocenters. The molecule has 0 radical (unpaired) electrons. The largest absolute Gasteiger partial charge is 0.373 e. The molecule has 0 aliphatic heterocycles. The molecule has 1 saturated carbocycles. The highest BCUT2D eigenvalue weighted by atomic mass is 17.2. The summed E-state index contributed by atoms with van der Waals surface area (Å²) in [5.74, 6) is 0.943. The Morgan fingerprint density at radius 1 is 1.21 bits per heavy atom. The van der Waals surface area contributed by atoms with Crippen LogP contribution in [0.1, 0.15) is 49.0 Å². The zero-order chi connectivity index (χ0) is 13.8. The minimum Gasteiger partial charge on any atom is -0.293 e. The number of aryl methyl sites for hydroxylation is 1. The first-order valence-corrected chi connectivity index (χ1v) is 7.00. The molecule has 1 aliphatic rings. The van der Waals surface area contributed by atoms with Crippen molar-refractivity contribution in [3.8, 4) is 0 Å². The summed E-state index contributed by atoms with van der Waals surface area (Å²) in [6, 6.07) is 7.33. The highest BCUT2D eigenvalue weighted by Gasteiger charge is 2.26. The van der Waals surface area contributed by atoms with E-state index in [1.807, 2.05) is 19.1 Å². The van der Waals surface area contributed by atoms with Crippen LogP contribution >= 0.6 is 0 Å². The molecular weight excluding hydrogens is 240 g/mol. The van der Waals surface area contributed by atoms with Crippen LogP contribution in [0.5, 0.6) is 0 Å². The standard InChI is InChI=1S/C16H22O3/c1-11-5-4-6-14(9-11)16(17)19-18-15-8-7-12(2)13(3)10-15/h4-6,9,12-13,15H,7-8,10H2,1-3H3. The van der Waals surface area contributed by atoms with Crippen LogP contribution in [-0.4, -0.2) is 12.1 Å². The van der Waals surface area contributed by atoms with E-state index in [0.717, 1.165) is 30.7 Å². The highest BCUT2D eigenvalue weighted by Crippen LogP contribution is 2.31. The third-order valence-electron chi connectivity index (χ3n) is 4.06. The average molecular weight is 262 g/mol. The van der Waals surface area contributed by atoms with Crippen molar-refractivity contribution >= 4 is 5.97 Å². The van der Waals surface area contributed by atoms with Crippen molar-refractivity contribution in [2.24, 2.45) is 11.8 Å². The second-order valence-electron chi connectivity index (χ2n) is 5.73. The second kappa shape index (κ2) is 6.20. The van der Waals surface area contributed by atoms with E-state index in [-0.39, 0.29) is 6.10 Å². The Hall–Kier alpha value is -1.35. The third kappa shape index (κ3) is 3.80. The Bertz CT molecular complexity index is 441. The molecule has 0 bridgehead atoms. The third-order valence-corrected chi connectivity index (χ3v) is 4.06. The lowest BCUT2D eigenvalue weighted by molar-refractivity contribution is -0.283. The van der Waals surface area contributed by atoms with Gasteiger partial charge in [0.1, 0.15) is 6.10 Å². The van der Waals surface area contributed by atoms with E-state index >= 15 is 0 Å². The van der Waals surface area contributed by atoms with Gasteiger partial charge >= 0.3 is 5.97 Å². The van der Waals surface area contributed by atoms with Gasteiger partial charge in [-0.25, -0.2) is 4.79 Å². The van der Waals surface area contributed by atoms with Crippen LogP contribution < -0.4 is 0 Å². The summed E-state index contributed by atoms with van der Waals surface area (Å²) in [5, 5.41) is 0. The lowest BCUT2D eigenvalue weighted by atomic mass is 9.80. The predicted molar refractivity (Wildman–Crippen MR) is 73.6 cm³/mol. The van der Waals surface area contributed by atoms with Gasteiger partial charge in [0.05, 0.1) is 5.56 Å². The monoisotopic (exact) mass is 262 g/mol. The zero-order valence-corrected chi connectivity index (χ0v) is 11.9. The van der Waals surface area contributed by atoms with Gasteiger partial charge in [-0.1, -0.05) is 31.5 Å². The molecule has 0 spiro atoms. The molecule has 0 heterocycles. The molecule has 1 aromatic carbocycles. The van der Waals surface area contributed by atoms with E-state index in [0.29, 0.717) is 11.5 Å². The van der Waals surface area contributed by atoms with Gasteiger partial charge in [-0.05, 0) is 50.2 Å². The molecule has 3 nitrogen and oxygen atoms in total. The van der Waals surface area contributed by atoms with Crippen molar-refractivity contribution in [3.63, 3.8) is 0 Å². The van der Waals surface area contributed by atoms with Gasteiger partial charge in [-0.2, -0.15) is 4.89 Å². The van der Waals surface area contributed by atoms with Gasteiger partial charge in [0, 0.05) is 0 Å². The van der Waals surface area contributed by atoms with Gasteiger partial charge in [-0.15, -0.1) is 0 Å². The molecule has 1 aromatic rings. The Morgan fingerprint density at radius 2 is 2.00 bits per heavy atom. The number of rotatable bonds is 3. The number of carbonyl (C=O) groups is 1. The van der Waals surface area contributed by atoms with Gasteiger partial charge in [-0.3, -0.25) is 4.89 Å². The van der Waals surface area contributed by atoms with E-state index in [2.05, 4.69) is 13.8 Å². The van der Waals surface area contributed by atoms with Crippen LogP contribution in [0.15, 0.2) is 24.3 Å². The van der Waals surface area contributed by atoms with Crippen molar-refractivity contribution in [3.05, 3.63) is 35.4 Å². The quantitative estimate of drug-likeness (QED) is 0.612. The number of benzene rings is 1. The Labute approximate surface area is 114 Å². The first kappa shape index (κ1) is 14.1. The first-order valence-electron chi connectivity index (χ1n) is 7.00. The fourth-order valence-electron chi connectivity index (χ4n) is 2.52. The van der Waals surface area contributed by atoms with Crippen molar-refractivity contribution in [1.29, 1.82) is 0 Å². The minimum absolute atomic E-state index is 0.0416. The topological polar surface area (TPSA) is 35.5 Å². The van der Waals surface area contributed by atoms with E-state index < -0.39 is 5.97 Å². The number of hydrogen-bond acceptors (Lipinski definition) is 3. The Balaban J connectivity index is 1.84. The molecule has 0 aromatic heterocycles. The van der Waals surface area contributed by atoms with Crippen molar-refractivity contribution in [2.45, 2.75) is 46.1 Å². The average Bonchev–Trinajstić information content (AvgIpc) is 2.40. The summed E-state index contributed by atoms with van der Waals surface area (Å²) in [7, 11) is 0. The fourth-order valence-corrected chi connectivity index (χ4v) is 2.52. The maximum atomic E-state index is 11.8. The summed E-state index contributed by atoms with van der Waals surface area (Å²) in [6.45, 7) is 6.43. The van der Waals surface area contributed by atoms with Crippen molar-refractivity contribution < 1.29 is 14.6 Å². The molecule has 1 aliphatic carbocycles. The molecule has 0 amide bonds. The maximum absolute atomic E-state index is 11.8. The predicted octanol–water partition coefficient (Wildman–Crippen LogP) is 3.91. The molecule has 1 fully saturated rings. The zero-order valence-electron chi connectivity index (χ0n) is 11.9. The van der Waals surface area contributed by atoms with Gasteiger partial charge < -0.3 is 0 Å². The molecule has 19 heavy (non-hydrogen) atoms. The smallest absolute Gasteiger partial charge is 0.293 e. The van der Waals surface area contributed by atoms with Gasteiger partial charge in [0.25, 0.3) is 0 Å². The van der Waals surface area contributed by atoms with E-state index in [4.69, 9.17) is 9.78 Å². The number of hydrogen-bond donors (Lipinski definition) is 0. The van der Waals surface area contributed by atoms with Crippen LogP contribution in [-0.2, 0) is 9.78 Å². The van der Waals surface area contributed by atoms with Crippen LogP contribution in [0.3, 0.4) is 0 Å². The lowest BCUT2D eigenvalue weighted by Crippen LogP contribution is -2.27. The molecule has 3 heteroatoms. The van der Waals surface area contributed by atoms with Crippen molar-refractivity contribution in [1.82, 2.24) is 0 Å². The molecule has 0 saturated heterocycles. The van der Waals surface area contributed by atoms with Crippen LogP contribution in [0.4, 0.5) is 0 Å². The lowest BCUT2D eigenvalue weighted by Gasteiger charge is -2.30. The summed E-state index contributed by atoms with van der Waals surface area (Å²) >= 11 is 0. The summed E-state index contributed by atoms with van der Waals surface area (Å²) in [5.41, 5.74) is 1.58. The fraction of sp³-hybridized carbons (Fsp3) is 0.562. The van der Waals surface area contributed by atoms with Crippen LogP contribution in [0.25, 0.3) is 0 Å². The molecule has 2 rings (SSSR count). The summed E-state index contributed by atoms with van der Waals surface area (Å²) < 4.78 is 0. The van der Waals surface area contributed by atoms with E-state index in [1.165, 1.54) is 0 Å². The SMILES string of the molecule is Cc1cccc(C(=O)OOC2CCC(C)C(C)C2)c1. The van der Waals surface area contributed by atoms with E-state index in [1.54, 1.807) is 12.1 Å². The Kier molecular flexibility index (Phi) is 4.59.